The summed E-state index contributed by atoms with van der Waals surface area (Å²) in [6, 6.07) is 12.4. The minimum absolute atomic E-state index is 0.0106. The molecule has 0 spiro atoms. The first-order valence-corrected chi connectivity index (χ1v) is 17.1. The van der Waals surface area contributed by atoms with Crippen LogP contribution in [0.3, 0.4) is 0 Å². The summed E-state index contributed by atoms with van der Waals surface area (Å²) in [7, 11) is 7.91. The Morgan fingerprint density at radius 1 is 0.820 bits per heavy atom. The molecule has 1 aliphatic carbocycles. The monoisotopic (exact) mass is 689 g/mol. The predicted molar refractivity (Wildman–Crippen MR) is 195 cm³/mol. The quantitative estimate of drug-likeness (QED) is 0.147. The van der Waals surface area contributed by atoms with E-state index in [1.54, 1.807) is 47.7 Å². The van der Waals surface area contributed by atoms with Crippen molar-refractivity contribution in [1.82, 2.24) is 10.6 Å². The van der Waals surface area contributed by atoms with Crippen LogP contribution in [0.1, 0.15) is 81.6 Å². The minimum atomic E-state index is -0.377. The van der Waals surface area contributed by atoms with Gasteiger partial charge in [-0.1, -0.05) is 32.4 Å². The van der Waals surface area contributed by atoms with Crippen molar-refractivity contribution in [3.8, 4) is 39.9 Å². The van der Waals surface area contributed by atoms with Gasteiger partial charge in [0, 0.05) is 25.5 Å². The number of rotatable bonds is 16. The molecule has 0 unspecified atom stereocenters. The summed E-state index contributed by atoms with van der Waals surface area (Å²) < 4.78 is 28.0. The molecule has 3 aromatic rings. The fraction of sp³-hybridized carbons (Fsp3) is 0.462. The Balaban J connectivity index is 1.44. The Morgan fingerprint density at radius 2 is 1.54 bits per heavy atom. The van der Waals surface area contributed by atoms with Crippen molar-refractivity contribution >= 4 is 17.5 Å². The topological polar surface area (TPSA) is 133 Å². The molecule has 0 saturated heterocycles. The van der Waals surface area contributed by atoms with E-state index in [0.29, 0.717) is 72.2 Å². The maximum absolute atomic E-state index is 13.6. The van der Waals surface area contributed by atoms with Gasteiger partial charge in [0.15, 0.2) is 23.0 Å². The van der Waals surface area contributed by atoms with E-state index >= 15 is 0 Å². The summed E-state index contributed by atoms with van der Waals surface area (Å²) in [4.78, 5) is 38.7. The zero-order valence-electron chi connectivity index (χ0n) is 30.5. The molecular formula is C39H51N3O8. The van der Waals surface area contributed by atoms with E-state index in [0.717, 1.165) is 35.1 Å². The van der Waals surface area contributed by atoms with Crippen LogP contribution < -0.4 is 45.1 Å². The third kappa shape index (κ3) is 8.80. The van der Waals surface area contributed by atoms with Gasteiger partial charge in [0.25, 0.3) is 0 Å². The summed E-state index contributed by atoms with van der Waals surface area (Å²) in [5.74, 6) is 2.77. The SMILES string of the molecule is COc1ccc([C@@H](NC(=O)CCCCCNc2ccc3c(cc2=O)[C@@H](NC(C)=O)CCc2cc(OC)c(OC)c(OC)c2-3)C(C)C)cc1OC. The maximum atomic E-state index is 13.6. The van der Waals surface area contributed by atoms with Gasteiger partial charge in [-0.3, -0.25) is 14.4 Å². The van der Waals surface area contributed by atoms with Crippen molar-refractivity contribution in [2.24, 2.45) is 5.92 Å². The number of carbonyl (C=O) groups excluding carboxylic acids is 2. The van der Waals surface area contributed by atoms with E-state index in [9.17, 15) is 14.4 Å². The molecule has 2 amide bonds. The van der Waals surface area contributed by atoms with Crippen LogP contribution in [0.15, 0.2) is 47.3 Å². The van der Waals surface area contributed by atoms with Gasteiger partial charge in [0.1, 0.15) is 0 Å². The van der Waals surface area contributed by atoms with Gasteiger partial charge >= 0.3 is 0 Å². The smallest absolute Gasteiger partial charge is 0.220 e. The lowest BCUT2D eigenvalue weighted by Crippen LogP contribution is -2.31. The van der Waals surface area contributed by atoms with Gasteiger partial charge in [-0.2, -0.15) is 0 Å². The van der Waals surface area contributed by atoms with Gasteiger partial charge in [0.2, 0.25) is 23.0 Å². The Labute approximate surface area is 295 Å². The highest BCUT2D eigenvalue weighted by molar-refractivity contribution is 5.84. The van der Waals surface area contributed by atoms with E-state index < -0.39 is 0 Å². The highest BCUT2D eigenvalue weighted by atomic mass is 16.5. The summed E-state index contributed by atoms with van der Waals surface area (Å²) in [5.41, 5.74) is 4.49. The van der Waals surface area contributed by atoms with Crippen molar-refractivity contribution in [2.45, 2.75) is 71.4 Å². The molecule has 0 aromatic heterocycles. The highest BCUT2D eigenvalue weighted by Crippen LogP contribution is 2.50. The fourth-order valence-corrected chi connectivity index (χ4v) is 6.59. The largest absolute Gasteiger partial charge is 0.493 e. The van der Waals surface area contributed by atoms with E-state index in [1.807, 2.05) is 30.3 Å². The molecular weight excluding hydrogens is 638 g/mol. The fourth-order valence-electron chi connectivity index (χ4n) is 6.59. The second kappa shape index (κ2) is 17.6. The molecule has 4 rings (SSSR count). The predicted octanol–water partition coefficient (Wildman–Crippen LogP) is 6.37. The number of carbonyl (C=O) groups is 2. The zero-order chi connectivity index (χ0) is 36.4. The molecule has 0 fully saturated rings. The third-order valence-electron chi connectivity index (χ3n) is 9.06. The third-order valence-corrected chi connectivity index (χ3v) is 9.06. The van der Waals surface area contributed by atoms with E-state index in [1.165, 1.54) is 6.92 Å². The van der Waals surface area contributed by atoms with Gasteiger partial charge in [0.05, 0.1) is 53.3 Å². The molecule has 50 heavy (non-hydrogen) atoms. The van der Waals surface area contributed by atoms with E-state index in [-0.39, 0.29) is 35.2 Å². The van der Waals surface area contributed by atoms with E-state index in [2.05, 4.69) is 29.8 Å². The van der Waals surface area contributed by atoms with Gasteiger partial charge in [-0.25, -0.2) is 0 Å². The Hall–Kier alpha value is -4.93. The average Bonchev–Trinajstić information content (AvgIpc) is 3.35. The average molecular weight is 690 g/mol. The van der Waals surface area contributed by atoms with Gasteiger partial charge in [-0.15, -0.1) is 0 Å². The molecule has 0 aliphatic heterocycles. The van der Waals surface area contributed by atoms with Gasteiger partial charge < -0.3 is 39.6 Å². The molecule has 3 aromatic carbocycles. The highest BCUT2D eigenvalue weighted by Gasteiger charge is 2.29. The number of ether oxygens (including phenoxy) is 5. The molecule has 3 N–H and O–H groups in total. The van der Waals surface area contributed by atoms with Crippen molar-refractivity contribution in [3.63, 3.8) is 0 Å². The number of amides is 2. The lowest BCUT2D eigenvalue weighted by atomic mass is 9.95. The van der Waals surface area contributed by atoms with Crippen molar-refractivity contribution in [3.05, 3.63) is 69.4 Å². The lowest BCUT2D eigenvalue weighted by molar-refractivity contribution is -0.122. The molecule has 1 aliphatic rings. The van der Waals surface area contributed by atoms with Crippen LogP contribution in [0, 0.1) is 5.92 Å². The lowest BCUT2D eigenvalue weighted by Gasteiger charge is -2.24. The molecule has 270 valence electrons. The number of hydrogen-bond donors (Lipinski definition) is 3. The van der Waals surface area contributed by atoms with Crippen LogP contribution in [-0.4, -0.2) is 53.9 Å². The molecule has 0 bridgehead atoms. The molecule has 11 heteroatoms. The standard InChI is InChI=1S/C39H51N3O8/c1-23(2)37(26-14-18-32(46-4)33(21-26)47-5)42-35(45)12-10-9-11-19-40-30-17-15-27-28(22-31(30)44)29(41-24(3)43)16-13-25-20-34(48-6)38(49-7)39(50-8)36(25)27/h14-15,17-18,20-23,29,37H,9-13,16,19H2,1-8H3,(H,40,44)(H,41,43)(H,42,45)/t29-,37-/m0/s1. The Bertz CT molecular complexity index is 1720. The number of methoxy groups -OCH3 is 5. The van der Waals surface area contributed by atoms with Crippen LogP contribution in [0.2, 0.25) is 0 Å². The molecule has 0 saturated carbocycles. The number of hydrogen-bond acceptors (Lipinski definition) is 9. The molecule has 0 heterocycles. The first kappa shape index (κ1) is 37.9. The second-order valence-corrected chi connectivity index (χ2v) is 12.7. The second-order valence-electron chi connectivity index (χ2n) is 12.7. The first-order valence-electron chi connectivity index (χ1n) is 17.1. The maximum Gasteiger partial charge on any atom is 0.220 e. The normalized spacial score (nSPS) is 14.0. The zero-order valence-corrected chi connectivity index (χ0v) is 30.5. The van der Waals surface area contributed by atoms with Crippen LogP contribution in [-0.2, 0) is 16.0 Å². The van der Waals surface area contributed by atoms with Crippen LogP contribution in [0.25, 0.3) is 11.1 Å². The summed E-state index contributed by atoms with van der Waals surface area (Å²) in [5, 5.41) is 9.52. The number of unbranched alkanes of at least 4 members (excludes halogenated alkanes) is 2. The summed E-state index contributed by atoms with van der Waals surface area (Å²) in [6.45, 7) is 6.18. The summed E-state index contributed by atoms with van der Waals surface area (Å²) >= 11 is 0. The number of benzene rings is 2. The molecule has 0 radical (unpaired) electrons. The number of nitrogens with one attached hydrogen (secondary N) is 3. The summed E-state index contributed by atoms with van der Waals surface area (Å²) in [6.07, 6.45) is 3.91. The van der Waals surface area contributed by atoms with Crippen molar-refractivity contribution < 1.29 is 33.3 Å². The number of anilines is 1. The van der Waals surface area contributed by atoms with Crippen LogP contribution in [0.4, 0.5) is 5.69 Å². The van der Waals surface area contributed by atoms with Crippen LogP contribution >= 0.6 is 0 Å². The Morgan fingerprint density at radius 3 is 2.18 bits per heavy atom. The molecule has 11 nitrogen and oxygen atoms in total. The molecule has 2 atom stereocenters. The van der Waals surface area contributed by atoms with E-state index in [4.69, 9.17) is 23.7 Å². The number of fused-ring (bicyclic) bond motifs is 3. The van der Waals surface area contributed by atoms with Crippen molar-refractivity contribution in [1.29, 1.82) is 0 Å². The minimum Gasteiger partial charge on any atom is -0.493 e. The Kier molecular flexibility index (Phi) is 13.4. The number of aryl methyl sites for hydroxylation is 1. The van der Waals surface area contributed by atoms with Gasteiger partial charge in [-0.05, 0) is 84.2 Å². The van der Waals surface area contributed by atoms with Crippen molar-refractivity contribution in [2.75, 3.05) is 47.4 Å². The first-order chi connectivity index (χ1) is 24.1. The van der Waals surface area contributed by atoms with Crippen LogP contribution in [0.5, 0.6) is 28.7 Å².